The third-order valence-electron chi connectivity index (χ3n) is 2.47. The molecule has 96 valence electrons. The Morgan fingerprint density at radius 1 is 1.41 bits per heavy atom. The highest BCUT2D eigenvalue weighted by Crippen LogP contribution is 2.06. The van der Waals surface area contributed by atoms with E-state index >= 15 is 0 Å². The van der Waals surface area contributed by atoms with E-state index in [-0.39, 0.29) is 23.4 Å². The molecule has 1 unspecified atom stereocenters. The monoisotopic (exact) mass is 260 g/mol. The molecule has 0 spiro atoms. The molecule has 17 heavy (non-hydrogen) atoms. The van der Waals surface area contributed by atoms with Crippen molar-refractivity contribution in [3.63, 3.8) is 0 Å². The summed E-state index contributed by atoms with van der Waals surface area (Å²) < 4.78 is 6.44. The molecule has 1 rings (SSSR count). The van der Waals surface area contributed by atoms with E-state index in [9.17, 15) is 9.59 Å². The third-order valence-corrected chi connectivity index (χ3v) is 2.80. The van der Waals surface area contributed by atoms with Crippen LogP contribution in [0.3, 0.4) is 0 Å². The van der Waals surface area contributed by atoms with Crippen molar-refractivity contribution < 1.29 is 4.74 Å². The Balaban J connectivity index is 3.16. The summed E-state index contributed by atoms with van der Waals surface area (Å²) in [6, 6.07) is 0. The lowest BCUT2D eigenvalue weighted by atomic mass is 10.2. The summed E-state index contributed by atoms with van der Waals surface area (Å²) >= 11 is 5.80. The molecule has 5 nitrogen and oxygen atoms in total. The van der Waals surface area contributed by atoms with Crippen molar-refractivity contribution in [2.45, 2.75) is 39.8 Å². The second-order valence-electron chi connectivity index (χ2n) is 3.76. The largest absolute Gasteiger partial charge is 0.377 e. The smallest absolute Gasteiger partial charge is 0.329 e. The van der Waals surface area contributed by atoms with Crippen LogP contribution in [-0.2, 0) is 17.7 Å². The minimum atomic E-state index is -0.497. The summed E-state index contributed by atoms with van der Waals surface area (Å²) in [5.41, 5.74) is -0.411. The zero-order valence-electron chi connectivity index (χ0n) is 10.2. The Bertz CT molecular complexity index is 492. The fraction of sp³-hybridized carbons (Fsp3) is 0.636. The number of nitrogens with one attached hydrogen (secondary N) is 1. The van der Waals surface area contributed by atoms with Crippen LogP contribution in [0.4, 0.5) is 0 Å². The van der Waals surface area contributed by atoms with Gasteiger partial charge in [-0.1, -0.05) is 18.5 Å². The van der Waals surface area contributed by atoms with Crippen molar-refractivity contribution in [2.75, 3.05) is 6.61 Å². The van der Waals surface area contributed by atoms with Crippen molar-refractivity contribution in [3.05, 3.63) is 31.6 Å². The van der Waals surface area contributed by atoms with Crippen LogP contribution < -0.4 is 11.2 Å². The molecule has 1 heterocycles. The first-order valence-electron chi connectivity index (χ1n) is 5.64. The number of halogens is 1. The number of H-pyrrole nitrogens is 1. The highest BCUT2D eigenvalue weighted by Gasteiger charge is 2.13. The summed E-state index contributed by atoms with van der Waals surface area (Å²) in [5.74, 6) is 0. The normalized spacial score (nSPS) is 12.7. The van der Waals surface area contributed by atoms with Gasteiger partial charge in [-0.05, 0) is 20.3 Å². The molecule has 0 aromatic carbocycles. The standard InChI is InChI=1S/C11H17ClN2O3/c1-4-8-9(12)13-11(16)14(10(8)15)6-7(3)17-5-2/h7H,4-6H2,1-3H3,(H,13,16). The van der Waals surface area contributed by atoms with Gasteiger partial charge in [0.05, 0.1) is 18.2 Å². The zero-order valence-corrected chi connectivity index (χ0v) is 11.0. The van der Waals surface area contributed by atoms with Gasteiger partial charge in [0.15, 0.2) is 0 Å². The van der Waals surface area contributed by atoms with E-state index in [0.29, 0.717) is 18.6 Å². The van der Waals surface area contributed by atoms with Crippen LogP contribution in [-0.4, -0.2) is 22.3 Å². The molecule has 0 aliphatic carbocycles. The molecule has 0 saturated carbocycles. The average Bonchev–Trinajstić information content (AvgIpc) is 2.25. The minimum Gasteiger partial charge on any atom is -0.377 e. The second kappa shape index (κ2) is 6.02. The van der Waals surface area contributed by atoms with E-state index in [0.717, 1.165) is 4.57 Å². The van der Waals surface area contributed by atoms with E-state index in [1.807, 2.05) is 20.8 Å². The SMILES string of the molecule is CCOC(C)Cn1c(=O)[nH]c(Cl)c(CC)c1=O. The first-order valence-corrected chi connectivity index (χ1v) is 6.02. The highest BCUT2D eigenvalue weighted by molar-refractivity contribution is 6.30. The first kappa shape index (κ1) is 14.0. The van der Waals surface area contributed by atoms with E-state index in [2.05, 4.69) is 4.98 Å². The Morgan fingerprint density at radius 3 is 2.59 bits per heavy atom. The van der Waals surface area contributed by atoms with Gasteiger partial charge in [0.2, 0.25) is 0 Å². The van der Waals surface area contributed by atoms with Crippen LogP contribution >= 0.6 is 11.6 Å². The van der Waals surface area contributed by atoms with E-state index in [4.69, 9.17) is 16.3 Å². The topological polar surface area (TPSA) is 64.1 Å². The fourth-order valence-electron chi connectivity index (χ4n) is 1.65. The molecule has 6 heteroatoms. The maximum atomic E-state index is 12.0. The number of hydrogen-bond donors (Lipinski definition) is 1. The first-order chi connectivity index (χ1) is 8.01. The number of ether oxygens (including phenoxy) is 1. The van der Waals surface area contributed by atoms with Gasteiger partial charge >= 0.3 is 5.69 Å². The molecule has 0 radical (unpaired) electrons. The van der Waals surface area contributed by atoms with Crippen LogP contribution in [0, 0.1) is 0 Å². The molecule has 1 aromatic heterocycles. The summed E-state index contributed by atoms with van der Waals surface area (Å²) in [4.78, 5) is 26.1. The number of nitrogens with zero attached hydrogens (tertiary/aromatic N) is 1. The molecule has 0 saturated heterocycles. The molecule has 1 aromatic rings. The molecule has 0 aliphatic rings. The van der Waals surface area contributed by atoms with Crippen molar-refractivity contribution in [1.82, 2.24) is 9.55 Å². The molecule has 0 fully saturated rings. The number of rotatable bonds is 5. The van der Waals surface area contributed by atoms with Crippen LogP contribution in [0.5, 0.6) is 0 Å². The van der Waals surface area contributed by atoms with Crippen LogP contribution in [0.25, 0.3) is 0 Å². The van der Waals surface area contributed by atoms with Gasteiger partial charge in [-0.15, -0.1) is 0 Å². The lowest BCUT2D eigenvalue weighted by molar-refractivity contribution is 0.0623. The van der Waals surface area contributed by atoms with E-state index in [1.165, 1.54) is 0 Å². The molecular weight excluding hydrogens is 244 g/mol. The highest BCUT2D eigenvalue weighted by atomic mass is 35.5. The number of hydrogen-bond acceptors (Lipinski definition) is 3. The van der Waals surface area contributed by atoms with Gasteiger partial charge in [0, 0.05) is 6.61 Å². The Kier molecular flexibility index (Phi) is 4.96. The van der Waals surface area contributed by atoms with Gasteiger partial charge in [-0.2, -0.15) is 0 Å². The second-order valence-corrected chi connectivity index (χ2v) is 4.14. The molecule has 0 amide bonds. The summed E-state index contributed by atoms with van der Waals surface area (Å²) in [6.07, 6.45) is 0.293. The van der Waals surface area contributed by atoms with Crippen molar-refractivity contribution in [2.24, 2.45) is 0 Å². The van der Waals surface area contributed by atoms with Crippen molar-refractivity contribution in [3.8, 4) is 0 Å². The van der Waals surface area contributed by atoms with Crippen LogP contribution in [0.2, 0.25) is 5.15 Å². The summed E-state index contributed by atoms with van der Waals surface area (Å²) in [5, 5.41) is 0.128. The molecule has 1 N–H and O–H groups in total. The van der Waals surface area contributed by atoms with Gasteiger partial charge in [-0.3, -0.25) is 14.3 Å². The summed E-state index contributed by atoms with van der Waals surface area (Å²) in [7, 11) is 0. The van der Waals surface area contributed by atoms with Crippen LogP contribution in [0.1, 0.15) is 26.3 Å². The van der Waals surface area contributed by atoms with Gasteiger partial charge < -0.3 is 4.74 Å². The zero-order chi connectivity index (χ0) is 13.0. The summed E-state index contributed by atoms with van der Waals surface area (Å²) in [6.45, 7) is 6.27. The molecule has 1 atom stereocenters. The lowest BCUT2D eigenvalue weighted by Gasteiger charge is -2.13. The Labute approximate surface area is 104 Å². The van der Waals surface area contributed by atoms with Crippen molar-refractivity contribution in [1.29, 1.82) is 0 Å². The lowest BCUT2D eigenvalue weighted by Crippen LogP contribution is -2.40. The maximum Gasteiger partial charge on any atom is 0.329 e. The van der Waals surface area contributed by atoms with E-state index < -0.39 is 5.69 Å². The van der Waals surface area contributed by atoms with Crippen LogP contribution in [0.15, 0.2) is 9.59 Å². The number of aromatic nitrogens is 2. The van der Waals surface area contributed by atoms with Gasteiger partial charge in [0.1, 0.15) is 5.15 Å². The third kappa shape index (κ3) is 3.20. The van der Waals surface area contributed by atoms with Crippen molar-refractivity contribution >= 4 is 11.6 Å². The Morgan fingerprint density at radius 2 is 2.06 bits per heavy atom. The maximum absolute atomic E-state index is 12.0. The molecular formula is C11H17ClN2O3. The Hall–Kier alpha value is -1.07. The molecule has 0 bridgehead atoms. The number of aromatic amines is 1. The quantitative estimate of drug-likeness (QED) is 0.809. The predicted molar refractivity (Wildman–Crippen MR) is 66.8 cm³/mol. The van der Waals surface area contributed by atoms with Gasteiger partial charge in [0.25, 0.3) is 5.56 Å². The van der Waals surface area contributed by atoms with Gasteiger partial charge in [-0.25, -0.2) is 4.79 Å². The molecule has 0 aliphatic heterocycles. The predicted octanol–water partition coefficient (Wildman–Crippen LogP) is 1.18. The average molecular weight is 261 g/mol. The van der Waals surface area contributed by atoms with E-state index in [1.54, 1.807) is 0 Å². The minimum absolute atomic E-state index is 0.128. The fourth-order valence-corrected chi connectivity index (χ4v) is 1.95.